The van der Waals surface area contributed by atoms with Crippen molar-refractivity contribution >= 4 is 34.2 Å². The van der Waals surface area contributed by atoms with Gasteiger partial charge in [0.1, 0.15) is 23.0 Å². The first-order valence-electron chi connectivity index (χ1n) is 27.6. The minimum atomic E-state index is -0.771. The normalized spacial score (nSPS) is 19.2. The van der Waals surface area contributed by atoms with Crippen LogP contribution in [0, 0.1) is 49.0 Å². The number of hydrogen-bond donors (Lipinski definition) is 2. The van der Waals surface area contributed by atoms with Gasteiger partial charge in [-0.05, 0) is 135 Å². The summed E-state index contributed by atoms with van der Waals surface area (Å²) in [6.45, 7) is 26.7. The second kappa shape index (κ2) is 28.7. The van der Waals surface area contributed by atoms with Gasteiger partial charge >= 0.3 is 29.6 Å². The largest absolute Gasteiger partial charge is 1.00 e. The second-order valence-electron chi connectivity index (χ2n) is 22.1. The van der Waals surface area contributed by atoms with Gasteiger partial charge in [0.05, 0.1) is 10.4 Å². The van der Waals surface area contributed by atoms with Crippen LogP contribution >= 0.6 is 11.6 Å². The molecule has 1 saturated carbocycles. The number of fused-ring (bicyclic) bond motifs is 2. The molecule has 3 unspecified atom stereocenters. The number of halogens is 5. The van der Waals surface area contributed by atoms with E-state index in [1.165, 1.54) is 56.7 Å². The molecule has 2 aliphatic carbocycles. The van der Waals surface area contributed by atoms with Crippen LogP contribution in [0.15, 0.2) is 92.4 Å². The molecule has 0 bridgehead atoms. The zero-order valence-electron chi connectivity index (χ0n) is 48.1. The number of aryl methyl sites for hydroxylation is 2. The van der Waals surface area contributed by atoms with Crippen LogP contribution in [0.5, 0.6) is 0 Å². The Morgan fingerprint density at radius 3 is 2.18 bits per heavy atom. The Kier molecular flexibility index (Phi) is 23.6. The van der Waals surface area contributed by atoms with Crippen molar-refractivity contribution in [3.05, 3.63) is 168 Å². The molecule has 3 N–H and O–H groups in total. The minimum absolute atomic E-state index is 0. The number of rotatable bonds is 15. The predicted octanol–water partition coefficient (Wildman–Crippen LogP) is 12.2. The van der Waals surface area contributed by atoms with Gasteiger partial charge in [0.15, 0.2) is 11.6 Å². The number of aromatic nitrogens is 2. The fraction of sp³-hybridized carbons (Fsp3) is 0.469. The number of anilines is 1. The SMILES string of the molecule is C=CNC(=C)CCN(C)c1nn(C)c2c(F)c(C3CCN(C(C)C4CCN(C=C)CC4)CC3)c(F)cc12.CC1CC[CH-]CC1.CCCc1ccc(C(N)=O)c(-c2c(Cl)c(F)cc3c2C(C)C(C)(c2ccccc2)C3)c1F.[CH3-].[Na+]. The standard InChI is InChI=1S/C29H42F2N6.C27H26ClF2NO.C7H13.CH3.Na/c1-7-32-20(3)9-14-34(5)29-24-19-25(30)26(27(31)28(24)35(6)33-29)23-12-17-37(18-13-23)21(4)22-10-15-36(8-2)16-11-22;1-4-8-16-11-12-19(26(31)32)22(25(16)30)23-21-15(2)27(3,18-9-6-5-7-10-18)14-17(21)13-20(29)24(23)28;1-7-5-3-2-4-6-7;;/h7-8,19,21-23,32H,1-3,9-18H2,4-6H3;5-7,9-13,15H,4,8,14H2,1-3H3,(H2,31,32);2,7H,3-6H2,1H3;1H3;/q;;2*-1;+1. The first-order chi connectivity index (χ1) is 36.3. The molecule has 3 fully saturated rings. The number of nitrogens with zero attached hydrogens (tertiary/aromatic N) is 5. The average molecular weight is 1100 g/mol. The van der Waals surface area contributed by atoms with Gasteiger partial charge in [0.25, 0.3) is 0 Å². The van der Waals surface area contributed by atoms with Crippen LogP contribution in [0.1, 0.15) is 149 Å². The zero-order chi connectivity index (χ0) is 55.0. The number of amides is 1. The summed E-state index contributed by atoms with van der Waals surface area (Å²) >= 11 is 6.50. The number of nitrogens with one attached hydrogen (secondary N) is 1. The Balaban J connectivity index is 0.000000251. The van der Waals surface area contributed by atoms with E-state index < -0.39 is 29.2 Å². The van der Waals surface area contributed by atoms with Crippen molar-refractivity contribution < 1.29 is 51.9 Å². The molecule has 1 aromatic heterocycles. The van der Waals surface area contributed by atoms with E-state index in [9.17, 15) is 4.79 Å². The minimum Gasteiger partial charge on any atom is -0.378 e. The molecule has 0 spiro atoms. The van der Waals surface area contributed by atoms with Crippen LogP contribution in [0.25, 0.3) is 22.0 Å². The van der Waals surface area contributed by atoms with Gasteiger partial charge in [0.2, 0.25) is 5.91 Å². The molecule has 1 amide bonds. The van der Waals surface area contributed by atoms with Gasteiger partial charge < -0.3 is 39.6 Å². The Bertz CT molecular complexity index is 2850. The van der Waals surface area contributed by atoms with Gasteiger partial charge in [-0.15, -0.1) is 0 Å². The molecule has 5 aromatic rings. The molecule has 78 heavy (non-hydrogen) atoms. The first kappa shape index (κ1) is 64.2. The third kappa shape index (κ3) is 14.1. The molecule has 418 valence electrons. The van der Waals surface area contributed by atoms with Crippen LogP contribution < -0.4 is 45.5 Å². The average Bonchev–Trinajstić information content (AvgIpc) is 4.06. The van der Waals surface area contributed by atoms with Crippen molar-refractivity contribution in [2.24, 2.45) is 24.6 Å². The number of piperidine rings is 2. The van der Waals surface area contributed by atoms with Crippen LogP contribution in [-0.4, -0.2) is 71.3 Å². The molecule has 8 nitrogen and oxygen atoms in total. The molecular formula is C64H84ClF4N7NaO-. The van der Waals surface area contributed by atoms with Crippen LogP contribution in [0.3, 0.4) is 0 Å². The molecule has 2 saturated heterocycles. The summed E-state index contributed by atoms with van der Waals surface area (Å²) in [6.07, 6.45) is 17.8. The fourth-order valence-corrected chi connectivity index (χ4v) is 12.6. The van der Waals surface area contributed by atoms with Crippen molar-refractivity contribution in [3.63, 3.8) is 0 Å². The molecule has 4 aliphatic rings. The van der Waals surface area contributed by atoms with Crippen molar-refractivity contribution in [2.45, 2.75) is 135 Å². The summed E-state index contributed by atoms with van der Waals surface area (Å²) in [5.41, 5.74) is 10.1. The maximum Gasteiger partial charge on any atom is 1.00 e. The molecule has 0 radical (unpaired) electrons. The number of primary amides is 1. The van der Waals surface area contributed by atoms with Gasteiger partial charge in [-0.2, -0.15) is 17.9 Å². The molecular weight excluding hydrogens is 1020 g/mol. The van der Waals surface area contributed by atoms with E-state index >= 15 is 17.6 Å². The maximum atomic E-state index is 15.9. The third-order valence-electron chi connectivity index (χ3n) is 17.2. The predicted molar refractivity (Wildman–Crippen MR) is 312 cm³/mol. The second-order valence-corrected chi connectivity index (χ2v) is 22.5. The molecule has 3 heterocycles. The van der Waals surface area contributed by atoms with E-state index in [4.69, 9.17) is 17.3 Å². The summed E-state index contributed by atoms with van der Waals surface area (Å²) in [5, 5.41) is 7.85. The maximum absolute atomic E-state index is 15.9. The summed E-state index contributed by atoms with van der Waals surface area (Å²) in [6, 6.07) is 16.5. The van der Waals surface area contributed by atoms with Gasteiger partial charge in [-0.1, -0.05) is 115 Å². The molecule has 9 rings (SSSR count). The summed E-state index contributed by atoms with van der Waals surface area (Å²) < 4.78 is 63.8. The number of likely N-dealkylation sites (tertiary alicyclic amines) is 2. The molecule has 4 aromatic carbocycles. The smallest absolute Gasteiger partial charge is 0.378 e. The summed E-state index contributed by atoms with van der Waals surface area (Å²) in [7, 11) is 3.61. The number of benzene rings is 4. The van der Waals surface area contributed by atoms with E-state index in [-0.39, 0.29) is 81.5 Å². The van der Waals surface area contributed by atoms with Gasteiger partial charge in [-0.25, -0.2) is 17.6 Å². The third-order valence-corrected chi connectivity index (χ3v) is 17.6. The van der Waals surface area contributed by atoms with E-state index in [1.54, 1.807) is 24.0 Å². The topological polar surface area (TPSA) is 82.7 Å². The monoisotopic (exact) mass is 1100 g/mol. The first-order valence-corrected chi connectivity index (χ1v) is 27.9. The Morgan fingerprint density at radius 1 is 0.949 bits per heavy atom. The summed E-state index contributed by atoms with van der Waals surface area (Å²) in [4.78, 5) is 19.0. The Morgan fingerprint density at radius 2 is 1.60 bits per heavy atom. The quantitative estimate of drug-likeness (QED) is 0.0617. The zero-order valence-corrected chi connectivity index (χ0v) is 50.8. The van der Waals surface area contributed by atoms with E-state index in [1.807, 2.05) is 50.2 Å². The van der Waals surface area contributed by atoms with Crippen molar-refractivity contribution in [1.29, 1.82) is 0 Å². The Labute approximate surface area is 491 Å². The van der Waals surface area contributed by atoms with E-state index in [0.717, 1.165) is 73.7 Å². The van der Waals surface area contributed by atoms with Crippen molar-refractivity contribution in [1.82, 2.24) is 24.9 Å². The number of nitrogens with two attached hydrogens (primary N) is 1. The van der Waals surface area contributed by atoms with Crippen LogP contribution in [0.4, 0.5) is 23.4 Å². The molecule has 14 heteroatoms. The number of carbonyl (C=O) groups excluding carboxylic acids is 1. The number of carbonyl (C=O) groups is 1. The van der Waals surface area contributed by atoms with Crippen LogP contribution in [0.2, 0.25) is 5.02 Å². The van der Waals surface area contributed by atoms with Gasteiger partial charge in [-0.3, -0.25) is 9.48 Å². The van der Waals surface area contributed by atoms with Gasteiger partial charge in [0, 0.05) is 79.6 Å². The van der Waals surface area contributed by atoms with E-state index in [0.29, 0.717) is 60.1 Å². The number of hydrogen-bond acceptors (Lipinski definition) is 6. The van der Waals surface area contributed by atoms with E-state index in [2.05, 4.69) is 79.3 Å². The molecule has 3 atom stereocenters. The Hall–Kier alpha value is -4.59. The van der Waals surface area contributed by atoms with Crippen LogP contribution in [-0.2, 0) is 25.3 Å². The molecule has 2 aliphatic heterocycles. The van der Waals surface area contributed by atoms with Crippen molar-refractivity contribution in [3.8, 4) is 11.1 Å². The fourth-order valence-electron chi connectivity index (χ4n) is 12.4. The summed E-state index contributed by atoms with van der Waals surface area (Å²) in [5.74, 6) is -0.870. The van der Waals surface area contributed by atoms with Crippen molar-refractivity contribution in [2.75, 3.05) is 44.7 Å².